The third kappa shape index (κ3) is 4.81. The Morgan fingerprint density at radius 2 is 1.91 bits per heavy atom. The fraction of sp³-hybridized carbons (Fsp3) is 0.375. The third-order valence-corrected chi connectivity index (χ3v) is 3.77. The molecule has 1 fully saturated rings. The van der Waals surface area contributed by atoms with Crippen LogP contribution >= 0.6 is 0 Å². The van der Waals surface area contributed by atoms with Gasteiger partial charge in [0, 0.05) is 30.1 Å². The maximum Gasteiger partial charge on any atom is 0.269 e. The first-order chi connectivity index (χ1) is 11.1. The lowest BCUT2D eigenvalue weighted by Crippen LogP contribution is -2.37. The van der Waals surface area contributed by atoms with Gasteiger partial charge in [-0.2, -0.15) is 5.26 Å². The second-order valence-corrected chi connectivity index (χ2v) is 5.43. The van der Waals surface area contributed by atoms with Crippen LogP contribution in [0.2, 0.25) is 0 Å². The summed E-state index contributed by atoms with van der Waals surface area (Å²) in [4.78, 5) is 22.2. The Labute approximate surface area is 134 Å². The van der Waals surface area contributed by atoms with Gasteiger partial charge in [0.2, 0.25) is 0 Å². The second kappa shape index (κ2) is 7.94. The van der Waals surface area contributed by atoms with Gasteiger partial charge in [-0.05, 0) is 25.0 Å². The lowest BCUT2D eigenvalue weighted by molar-refractivity contribution is -0.384. The summed E-state index contributed by atoms with van der Waals surface area (Å²) >= 11 is 0. The maximum absolute atomic E-state index is 12.1. The van der Waals surface area contributed by atoms with E-state index in [1.54, 1.807) is 0 Å². The van der Waals surface area contributed by atoms with Crippen LogP contribution in [0.3, 0.4) is 0 Å². The molecule has 1 aliphatic carbocycles. The highest BCUT2D eigenvalue weighted by atomic mass is 16.6. The Morgan fingerprint density at radius 3 is 2.48 bits per heavy atom. The first kappa shape index (κ1) is 16.5. The van der Waals surface area contributed by atoms with Crippen molar-refractivity contribution < 1.29 is 9.72 Å². The van der Waals surface area contributed by atoms with Gasteiger partial charge in [0.25, 0.3) is 11.6 Å². The molecule has 0 unspecified atom stereocenters. The van der Waals surface area contributed by atoms with Crippen molar-refractivity contribution in [1.82, 2.24) is 5.32 Å². The molecule has 23 heavy (non-hydrogen) atoms. The molecule has 0 heterocycles. The number of nitro groups is 1. The van der Waals surface area contributed by atoms with Crippen LogP contribution in [0.1, 0.15) is 32.1 Å². The van der Waals surface area contributed by atoms with E-state index >= 15 is 0 Å². The molecule has 120 valence electrons. The molecule has 0 atom stereocenters. The minimum Gasteiger partial charge on any atom is -0.360 e. The summed E-state index contributed by atoms with van der Waals surface area (Å²) in [5, 5.41) is 25.4. The lowest BCUT2D eigenvalue weighted by atomic mass is 9.95. The van der Waals surface area contributed by atoms with Crippen molar-refractivity contribution in [2.24, 2.45) is 0 Å². The van der Waals surface area contributed by atoms with Crippen molar-refractivity contribution in [2.75, 3.05) is 5.32 Å². The average molecular weight is 314 g/mol. The number of nitrogens with one attached hydrogen (secondary N) is 2. The summed E-state index contributed by atoms with van der Waals surface area (Å²) in [5.74, 6) is -0.395. The molecule has 2 rings (SSSR count). The van der Waals surface area contributed by atoms with E-state index in [-0.39, 0.29) is 17.3 Å². The van der Waals surface area contributed by atoms with Crippen molar-refractivity contribution in [3.63, 3.8) is 0 Å². The summed E-state index contributed by atoms with van der Waals surface area (Å²) in [6.07, 6.45) is 6.59. The van der Waals surface area contributed by atoms with Gasteiger partial charge >= 0.3 is 0 Å². The van der Waals surface area contributed by atoms with E-state index in [4.69, 9.17) is 5.26 Å². The van der Waals surface area contributed by atoms with Crippen molar-refractivity contribution in [3.8, 4) is 6.07 Å². The van der Waals surface area contributed by atoms with Crippen LogP contribution in [-0.4, -0.2) is 16.9 Å². The number of non-ortho nitro benzene ring substituents is 1. The first-order valence-corrected chi connectivity index (χ1v) is 7.52. The number of carbonyl (C=O) groups is 1. The standard InChI is InChI=1S/C16H18N4O3/c17-10-12(16(21)19-14-4-2-1-3-5-14)11-18-13-6-8-15(9-7-13)20(22)23/h6-9,11,14,18H,1-5H2,(H,19,21)/b12-11-. The van der Waals surface area contributed by atoms with Gasteiger partial charge in [-0.3, -0.25) is 14.9 Å². The van der Waals surface area contributed by atoms with E-state index < -0.39 is 10.8 Å². The molecule has 0 spiro atoms. The third-order valence-electron chi connectivity index (χ3n) is 3.77. The average Bonchev–Trinajstić information content (AvgIpc) is 2.56. The number of hydrogen-bond donors (Lipinski definition) is 2. The molecule has 1 aromatic carbocycles. The quantitative estimate of drug-likeness (QED) is 0.376. The Balaban J connectivity index is 1.96. The van der Waals surface area contributed by atoms with Gasteiger partial charge in [0.05, 0.1) is 4.92 Å². The van der Waals surface area contributed by atoms with E-state index in [0.29, 0.717) is 5.69 Å². The van der Waals surface area contributed by atoms with Gasteiger partial charge in [0.15, 0.2) is 0 Å². The highest BCUT2D eigenvalue weighted by Gasteiger charge is 2.18. The van der Waals surface area contributed by atoms with Gasteiger partial charge in [0.1, 0.15) is 11.6 Å². The van der Waals surface area contributed by atoms with Crippen molar-refractivity contribution in [2.45, 2.75) is 38.1 Å². The number of amides is 1. The smallest absolute Gasteiger partial charge is 0.269 e. The van der Waals surface area contributed by atoms with E-state index in [2.05, 4.69) is 10.6 Å². The first-order valence-electron chi connectivity index (χ1n) is 7.52. The van der Waals surface area contributed by atoms with E-state index in [1.165, 1.54) is 36.9 Å². The molecule has 0 saturated heterocycles. The number of nitrogens with zero attached hydrogens (tertiary/aromatic N) is 2. The monoisotopic (exact) mass is 314 g/mol. The van der Waals surface area contributed by atoms with Crippen LogP contribution in [0.25, 0.3) is 0 Å². The largest absolute Gasteiger partial charge is 0.360 e. The molecule has 0 radical (unpaired) electrons. The number of hydrogen-bond acceptors (Lipinski definition) is 5. The maximum atomic E-state index is 12.1. The summed E-state index contributed by atoms with van der Waals surface area (Å²) in [6, 6.07) is 7.74. The molecule has 7 heteroatoms. The van der Waals surface area contributed by atoms with Crippen molar-refractivity contribution >= 4 is 17.3 Å². The van der Waals surface area contributed by atoms with Crippen LogP contribution in [-0.2, 0) is 4.79 Å². The van der Waals surface area contributed by atoms with Gasteiger partial charge in [-0.1, -0.05) is 19.3 Å². The Morgan fingerprint density at radius 1 is 1.26 bits per heavy atom. The van der Waals surface area contributed by atoms with E-state index in [9.17, 15) is 14.9 Å². The molecule has 1 saturated carbocycles. The molecular formula is C16H18N4O3. The lowest BCUT2D eigenvalue weighted by Gasteiger charge is -2.22. The second-order valence-electron chi connectivity index (χ2n) is 5.43. The van der Waals surface area contributed by atoms with Crippen LogP contribution in [0.4, 0.5) is 11.4 Å². The zero-order chi connectivity index (χ0) is 16.7. The molecule has 1 aliphatic rings. The highest BCUT2D eigenvalue weighted by molar-refractivity contribution is 5.97. The number of rotatable bonds is 5. The normalized spacial score (nSPS) is 15.5. The zero-order valence-electron chi connectivity index (χ0n) is 12.6. The summed E-state index contributed by atoms with van der Waals surface area (Å²) in [6.45, 7) is 0. The molecule has 0 aliphatic heterocycles. The summed E-state index contributed by atoms with van der Waals surface area (Å²) in [5.41, 5.74) is 0.526. The minimum atomic E-state index is -0.488. The Bertz CT molecular complexity index is 640. The van der Waals surface area contributed by atoms with Crippen molar-refractivity contribution in [1.29, 1.82) is 5.26 Å². The Kier molecular flexibility index (Phi) is 5.69. The van der Waals surface area contributed by atoms with Crippen LogP contribution in [0.5, 0.6) is 0 Å². The zero-order valence-corrected chi connectivity index (χ0v) is 12.6. The van der Waals surface area contributed by atoms with Crippen LogP contribution in [0.15, 0.2) is 36.0 Å². The van der Waals surface area contributed by atoms with Crippen LogP contribution < -0.4 is 10.6 Å². The van der Waals surface area contributed by atoms with Gasteiger partial charge < -0.3 is 10.6 Å². The number of nitro benzene ring substituents is 1. The predicted octanol–water partition coefficient (Wildman–Crippen LogP) is 2.86. The van der Waals surface area contributed by atoms with Gasteiger partial charge in [-0.15, -0.1) is 0 Å². The molecule has 1 amide bonds. The highest BCUT2D eigenvalue weighted by Crippen LogP contribution is 2.18. The SMILES string of the molecule is N#C/C(=C/Nc1ccc([N+](=O)[O-])cc1)C(=O)NC1CCCCC1. The number of carbonyl (C=O) groups excluding carboxylic acids is 1. The fourth-order valence-electron chi connectivity index (χ4n) is 2.49. The molecule has 0 aromatic heterocycles. The molecule has 1 aromatic rings. The molecular weight excluding hydrogens is 296 g/mol. The summed E-state index contributed by atoms with van der Waals surface area (Å²) < 4.78 is 0. The van der Waals surface area contributed by atoms with E-state index in [1.807, 2.05) is 6.07 Å². The number of anilines is 1. The molecule has 7 nitrogen and oxygen atoms in total. The van der Waals surface area contributed by atoms with Crippen LogP contribution in [0, 0.1) is 21.4 Å². The topological polar surface area (TPSA) is 108 Å². The molecule has 0 bridgehead atoms. The number of benzene rings is 1. The Hall–Kier alpha value is -2.88. The summed E-state index contributed by atoms with van der Waals surface area (Å²) in [7, 11) is 0. The van der Waals surface area contributed by atoms with Crippen molar-refractivity contribution in [3.05, 3.63) is 46.2 Å². The van der Waals surface area contributed by atoms with E-state index in [0.717, 1.165) is 25.7 Å². The number of nitriles is 1. The fourth-order valence-corrected chi connectivity index (χ4v) is 2.49. The minimum absolute atomic E-state index is 0.0184. The van der Waals surface area contributed by atoms with Gasteiger partial charge in [-0.25, -0.2) is 0 Å². The predicted molar refractivity (Wildman–Crippen MR) is 85.4 cm³/mol. The molecule has 2 N–H and O–H groups in total.